The maximum absolute atomic E-state index is 12.4. The van der Waals surface area contributed by atoms with Crippen LogP contribution in [0.2, 0.25) is 0 Å². The molecule has 0 unspecified atom stereocenters. The number of hydrogen-bond acceptors (Lipinski definition) is 3. The molecule has 0 spiro atoms. The van der Waals surface area contributed by atoms with E-state index in [1.54, 1.807) is 12.3 Å². The second kappa shape index (κ2) is 7.17. The number of amides is 1. The van der Waals surface area contributed by atoms with Crippen LogP contribution in [0, 0.1) is 0 Å². The first kappa shape index (κ1) is 14.7. The average Bonchev–Trinajstić information content (AvgIpc) is 2.47. The zero-order valence-corrected chi connectivity index (χ0v) is 12.8. The molecule has 1 heterocycles. The number of nitrogens with one attached hydrogen (secondary N) is 2. The van der Waals surface area contributed by atoms with E-state index in [0.29, 0.717) is 11.4 Å². The van der Waals surface area contributed by atoms with Crippen molar-refractivity contribution >= 4 is 27.7 Å². The SMILES string of the molecule is CNCCc1ccccc1C(=O)Nc1ncccc1Br. The van der Waals surface area contributed by atoms with Crippen LogP contribution < -0.4 is 10.6 Å². The van der Waals surface area contributed by atoms with Gasteiger partial charge in [-0.1, -0.05) is 18.2 Å². The summed E-state index contributed by atoms with van der Waals surface area (Å²) in [6.45, 7) is 0.831. The number of carbonyl (C=O) groups excluding carboxylic acids is 1. The van der Waals surface area contributed by atoms with Crippen molar-refractivity contribution in [3.63, 3.8) is 0 Å². The van der Waals surface area contributed by atoms with E-state index in [1.165, 1.54) is 0 Å². The van der Waals surface area contributed by atoms with Gasteiger partial charge in [0.2, 0.25) is 0 Å². The van der Waals surface area contributed by atoms with Crippen molar-refractivity contribution in [1.82, 2.24) is 10.3 Å². The van der Waals surface area contributed by atoms with Crippen molar-refractivity contribution < 1.29 is 4.79 Å². The number of anilines is 1. The van der Waals surface area contributed by atoms with Crippen LogP contribution in [0.3, 0.4) is 0 Å². The van der Waals surface area contributed by atoms with Gasteiger partial charge < -0.3 is 10.6 Å². The molecule has 4 nitrogen and oxygen atoms in total. The van der Waals surface area contributed by atoms with E-state index in [1.807, 2.05) is 37.4 Å². The Morgan fingerprint density at radius 2 is 2.05 bits per heavy atom. The fraction of sp³-hybridized carbons (Fsp3) is 0.200. The normalized spacial score (nSPS) is 10.3. The number of benzene rings is 1. The smallest absolute Gasteiger partial charge is 0.257 e. The zero-order chi connectivity index (χ0) is 14.4. The Morgan fingerprint density at radius 3 is 2.80 bits per heavy atom. The molecule has 5 heteroatoms. The number of halogens is 1. The van der Waals surface area contributed by atoms with Gasteiger partial charge in [-0.2, -0.15) is 0 Å². The molecule has 0 bridgehead atoms. The number of likely N-dealkylation sites (N-methyl/N-ethyl adjacent to an activating group) is 1. The summed E-state index contributed by atoms with van der Waals surface area (Å²) in [7, 11) is 1.90. The Morgan fingerprint density at radius 1 is 1.25 bits per heavy atom. The van der Waals surface area contributed by atoms with E-state index in [0.717, 1.165) is 23.0 Å². The lowest BCUT2D eigenvalue weighted by Crippen LogP contribution is -2.18. The molecule has 0 saturated carbocycles. The number of nitrogens with zero attached hydrogens (tertiary/aromatic N) is 1. The molecule has 0 fully saturated rings. The summed E-state index contributed by atoms with van der Waals surface area (Å²) in [5.41, 5.74) is 1.70. The molecule has 104 valence electrons. The van der Waals surface area contributed by atoms with Crippen LogP contribution in [-0.4, -0.2) is 24.5 Å². The highest BCUT2D eigenvalue weighted by molar-refractivity contribution is 9.10. The molecule has 0 aliphatic heterocycles. The molecule has 2 N–H and O–H groups in total. The Hall–Kier alpha value is -1.72. The number of hydrogen-bond donors (Lipinski definition) is 2. The highest BCUT2D eigenvalue weighted by Gasteiger charge is 2.12. The summed E-state index contributed by atoms with van der Waals surface area (Å²) in [5.74, 6) is 0.386. The second-order valence-electron chi connectivity index (χ2n) is 4.30. The standard InChI is InChI=1S/C15H16BrN3O/c1-17-10-8-11-5-2-3-6-12(11)15(20)19-14-13(16)7-4-9-18-14/h2-7,9,17H,8,10H2,1H3,(H,18,19,20). The second-order valence-corrected chi connectivity index (χ2v) is 5.15. The Balaban J connectivity index is 2.19. The van der Waals surface area contributed by atoms with Gasteiger partial charge in [0, 0.05) is 11.8 Å². The third-order valence-electron chi connectivity index (χ3n) is 2.90. The first-order valence-corrected chi connectivity index (χ1v) is 7.16. The van der Waals surface area contributed by atoms with Gasteiger partial charge in [-0.05, 0) is 59.7 Å². The molecule has 0 saturated heterocycles. The molecule has 2 rings (SSSR count). The average molecular weight is 334 g/mol. The van der Waals surface area contributed by atoms with Crippen molar-refractivity contribution in [3.8, 4) is 0 Å². The molecule has 1 aromatic heterocycles. The number of rotatable bonds is 5. The largest absolute Gasteiger partial charge is 0.319 e. The summed E-state index contributed by atoms with van der Waals surface area (Å²) in [6.07, 6.45) is 2.46. The molecule has 2 aromatic rings. The lowest BCUT2D eigenvalue weighted by molar-refractivity contribution is 0.102. The Labute approximate surface area is 126 Å². The van der Waals surface area contributed by atoms with Gasteiger partial charge in [0.25, 0.3) is 5.91 Å². The highest BCUT2D eigenvalue weighted by Crippen LogP contribution is 2.20. The molecule has 1 aromatic carbocycles. The summed E-state index contributed by atoms with van der Waals surface area (Å²) in [4.78, 5) is 16.5. The van der Waals surface area contributed by atoms with Crippen molar-refractivity contribution in [2.75, 3.05) is 18.9 Å². The van der Waals surface area contributed by atoms with Gasteiger partial charge in [0.1, 0.15) is 5.82 Å². The molecular weight excluding hydrogens is 318 g/mol. The quantitative estimate of drug-likeness (QED) is 0.884. The lowest BCUT2D eigenvalue weighted by Gasteiger charge is -2.10. The molecule has 20 heavy (non-hydrogen) atoms. The van der Waals surface area contributed by atoms with Crippen LogP contribution in [0.5, 0.6) is 0 Å². The maximum Gasteiger partial charge on any atom is 0.257 e. The van der Waals surface area contributed by atoms with Crippen LogP contribution >= 0.6 is 15.9 Å². The summed E-state index contributed by atoms with van der Waals surface area (Å²) >= 11 is 3.37. The van der Waals surface area contributed by atoms with Crippen molar-refractivity contribution in [3.05, 3.63) is 58.2 Å². The highest BCUT2D eigenvalue weighted by atomic mass is 79.9. The molecular formula is C15H16BrN3O. The molecule has 0 atom stereocenters. The van der Waals surface area contributed by atoms with Crippen LogP contribution in [0.15, 0.2) is 47.1 Å². The van der Waals surface area contributed by atoms with Gasteiger partial charge in [-0.15, -0.1) is 0 Å². The predicted molar refractivity (Wildman–Crippen MR) is 84.0 cm³/mol. The fourth-order valence-electron chi connectivity index (χ4n) is 1.87. The van der Waals surface area contributed by atoms with E-state index in [-0.39, 0.29) is 5.91 Å². The van der Waals surface area contributed by atoms with Gasteiger partial charge in [-0.25, -0.2) is 4.98 Å². The number of carbonyl (C=O) groups is 1. The molecule has 0 radical (unpaired) electrons. The molecule has 1 amide bonds. The molecule has 0 aliphatic rings. The van der Waals surface area contributed by atoms with Gasteiger partial charge in [0.15, 0.2) is 0 Å². The van der Waals surface area contributed by atoms with Crippen LogP contribution in [-0.2, 0) is 6.42 Å². The Kier molecular flexibility index (Phi) is 5.26. The summed E-state index contributed by atoms with van der Waals surface area (Å²) in [6, 6.07) is 11.3. The van der Waals surface area contributed by atoms with Crippen LogP contribution in [0.4, 0.5) is 5.82 Å². The van der Waals surface area contributed by atoms with E-state index in [9.17, 15) is 4.79 Å². The summed E-state index contributed by atoms with van der Waals surface area (Å²) < 4.78 is 0.765. The third kappa shape index (κ3) is 3.65. The minimum absolute atomic E-state index is 0.142. The van der Waals surface area contributed by atoms with Gasteiger partial charge >= 0.3 is 0 Å². The third-order valence-corrected chi connectivity index (χ3v) is 3.54. The number of pyridine rings is 1. The lowest BCUT2D eigenvalue weighted by atomic mass is 10.0. The van der Waals surface area contributed by atoms with E-state index >= 15 is 0 Å². The first-order valence-electron chi connectivity index (χ1n) is 6.36. The van der Waals surface area contributed by atoms with Crippen LogP contribution in [0.1, 0.15) is 15.9 Å². The number of aromatic nitrogens is 1. The molecule has 0 aliphatic carbocycles. The fourth-order valence-corrected chi connectivity index (χ4v) is 2.23. The monoisotopic (exact) mass is 333 g/mol. The van der Waals surface area contributed by atoms with E-state index in [4.69, 9.17) is 0 Å². The zero-order valence-electron chi connectivity index (χ0n) is 11.2. The summed E-state index contributed by atoms with van der Waals surface area (Å²) in [5, 5.41) is 5.92. The minimum Gasteiger partial charge on any atom is -0.319 e. The predicted octanol–water partition coefficient (Wildman–Crippen LogP) is 2.86. The van der Waals surface area contributed by atoms with Gasteiger partial charge in [0.05, 0.1) is 4.47 Å². The first-order chi connectivity index (χ1) is 9.72. The van der Waals surface area contributed by atoms with Crippen LogP contribution in [0.25, 0.3) is 0 Å². The van der Waals surface area contributed by atoms with Crippen molar-refractivity contribution in [2.45, 2.75) is 6.42 Å². The van der Waals surface area contributed by atoms with E-state index in [2.05, 4.69) is 31.5 Å². The minimum atomic E-state index is -0.142. The topological polar surface area (TPSA) is 54.0 Å². The van der Waals surface area contributed by atoms with E-state index < -0.39 is 0 Å². The maximum atomic E-state index is 12.4. The Bertz CT molecular complexity index is 601. The van der Waals surface area contributed by atoms with Crippen molar-refractivity contribution in [2.24, 2.45) is 0 Å². The van der Waals surface area contributed by atoms with Gasteiger partial charge in [-0.3, -0.25) is 4.79 Å². The van der Waals surface area contributed by atoms with Crippen molar-refractivity contribution in [1.29, 1.82) is 0 Å².